The third-order valence-electron chi connectivity index (χ3n) is 4.48. The summed E-state index contributed by atoms with van der Waals surface area (Å²) in [7, 11) is 0. The maximum absolute atomic E-state index is 5.86. The Balaban J connectivity index is 1.36. The third kappa shape index (κ3) is 3.62. The van der Waals surface area contributed by atoms with E-state index in [-0.39, 0.29) is 12.0 Å². The summed E-state index contributed by atoms with van der Waals surface area (Å²) in [6.45, 7) is 0.655. The highest BCUT2D eigenvalue weighted by Crippen LogP contribution is 2.35. The number of nitrogen functional groups attached to an aromatic ring is 1. The minimum absolute atomic E-state index is 0.271. The Kier molecular flexibility index (Phi) is 4.44. The number of H-pyrrole nitrogens is 1. The molecule has 0 aromatic carbocycles. The molecule has 1 aliphatic rings. The summed E-state index contributed by atoms with van der Waals surface area (Å²) in [5.41, 5.74) is 13.5. The van der Waals surface area contributed by atoms with E-state index < -0.39 is 0 Å². The molecule has 0 bridgehead atoms. The van der Waals surface area contributed by atoms with Crippen molar-refractivity contribution in [3.63, 3.8) is 0 Å². The molecule has 9 nitrogen and oxygen atoms in total. The highest BCUT2D eigenvalue weighted by molar-refractivity contribution is 5.52. The van der Waals surface area contributed by atoms with Gasteiger partial charge in [0.1, 0.15) is 11.6 Å². The number of hydrogen-bond acceptors (Lipinski definition) is 8. The van der Waals surface area contributed by atoms with Crippen LogP contribution in [-0.2, 0) is 6.42 Å². The lowest BCUT2D eigenvalue weighted by Crippen LogP contribution is -2.35. The Morgan fingerprint density at radius 3 is 2.88 bits per heavy atom. The summed E-state index contributed by atoms with van der Waals surface area (Å²) >= 11 is 0. The lowest BCUT2D eigenvalue weighted by Gasteiger charge is -2.32. The molecule has 0 radical (unpaired) electrons. The van der Waals surface area contributed by atoms with Crippen molar-refractivity contribution in [2.45, 2.75) is 31.2 Å². The molecule has 0 spiro atoms. The molecule has 1 fully saturated rings. The van der Waals surface area contributed by atoms with Crippen LogP contribution in [0.4, 0.5) is 11.8 Å². The number of aromatic amines is 1. The van der Waals surface area contributed by atoms with Crippen molar-refractivity contribution in [2.24, 2.45) is 5.73 Å². The van der Waals surface area contributed by atoms with Crippen molar-refractivity contribution in [3.8, 4) is 11.4 Å². The lowest BCUT2D eigenvalue weighted by atomic mass is 9.78. The van der Waals surface area contributed by atoms with Crippen molar-refractivity contribution in [1.29, 1.82) is 0 Å². The van der Waals surface area contributed by atoms with E-state index in [1.54, 1.807) is 12.4 Å². The zero-order chi connectivity index (χ0) is 17.9. The van der Waals surface area contributed by atoms with Crippen LogP contribution in [-0.4, -0.2) is 42.7 Å². The van der Waals surface area contributed by atoms with E-state index >= 15 is 0 Å². The largest absolute Gasteiger partial charge is 0.369 e. The van der Waals surface area contributed by atoms with Gasteiger partial charge in [-0.15, -0.1) is 0 Å². The van der Waals surface area contributed by atoms with E-state index in [2.05, 4.69) is 35.5 Å². The van der Waals surface area contributed by atoms with Crippen molar-refractivity contribution in [3.05, 3.63) is 42.1 Å². The van der Waals surface area contributed by atoms with Gasteiger partial charge in [0.2, 0.25) is 5.95 Å². The van der Waals surface area contributed by atoms with Crippen LogP contribution in [0, 0.1) is 0 Å². The van der Waals surface area contributed by atoms with E-state index in [9.17, 15) is 0 Å². The van der Waals surface area contributed by atoms with E-state index in [0.29, 0.717) is 24.7 Å². The molecule has 1 saturated carbocycles. The van der Waals surface area contributed by atoms with Crippen LogP contribution < -0.4 is 16.8 Å². The fraction of sp³-hybridized carbons (Fsp3) is 0.353. The first kappa shape index (κ1) is 16.4. The summed E-state index contributed by atoms with van der Waals surface area (Å²) in [5, 5.41) is 10.5. The topological polar surface area (TPSA) is 144 Å². The zero-order valence-corrected chi connectivity index (χ0v) is 14.3. The molecule has 3 heterocycles. The molecule has 26 heavy (non-hydrogen) atoms. The minimum Gasteiger partial charge on any atom is -0.369 e. The Labute approximate surface area is 150 Å². The summed E-state index contributed by atoms with van der Waals surface area (Å²) in [4.78, 5) is 17.1. The standard InChI is InChI=1S/C17H21N9/c18-12-6-11(7-12)13-8-15(24-17(19)22-13)21-5-3-14-23-16(26-25-14)10-2-1-4-20-9-10/h1-2,4,8-9,11-12H,3,5-7,18H2,(H,23,25,26)(H3,19,21,22,24). The minimum atomic E-state index is 0.271. The van der Waals surface area contributed by atoms with Crippen LogP contribution in [0.3, 0.4) is 0 Å². The number of hydrogen-bond donors (Lipinski definition) is 4. The van der Waals surface area contributed by atoms with Gasteiger partial charge in [-0.2, -0.15) is 10.1 Å². The van der Waals surface area contributed by atoms with Crippen molar-refractivity contribution in [2.75, 3.05) is 17.6 Å². The van der Waals surface area contributed by atoms with Gasteiger partial charge < -0.3 is 16.8 Å². The number of rotatable bonds is 6. The average molecular weight is 351 g/mol. The number of anilines is 2. The highest BCUT2D eigenvalue weighted by atomic mass is 15.2. The van der Waals surface area contributed by atoms with Crippen LogP contribution in [0.15, 0.2) is 30.6 Å². The van der Waals surface area contributed by atoms with Gasteiger partial charge in [-0.3, -0.25) is 10.1 Å². The number of aromatic nitrogens is 6. The maximum Gasteiger partial charge on any atom is 0.222 e. The maximum atomic E-state index is 5.86. The molecule has 0 unspecified atom stereocenters. The third-order valence-corrected chi connectivity index (χ3v) is 4.48. The van der Waals surface area contributed by atoms with E-state index in [0.717, 1.165) is 35.7 Å². The molecule has 3 aromatic rings. The Bertz CT molecular complexity index is 871. The molecule has 0 atom stereocenters. The first-order chi connectivity index (χ1) is 12.7. The van der Waals surface area contributed by atoms with Crippen molar-refractivity contribution < 1.29 is 0 Å². The summed E-state index contributed by atoms with van der Waals surface area (Å²) < 4.78 is 0. The first-order valence-electron chi connectivity index (χ1n) is 8.63. The van der Waals surface area contributed by atoms with E-state index in [4.69, 9.17) is 11.5 Å². The molecule has 0 amide bonds. The van der Waals surface area contributed by atoms with Gasteiger partial charge in [0.05, 0.1) is 5.69 Å². The van der Waals surface area contributed by atoms with Crippen LogP contribution >= 0.6 is 0 Å². The van der Waals surface area contributed by atoms with Gasteiger partial charge in [-0.05, 0) is 25.0 Å². The molecule has 3 aromatic heterocycles. The van der Waals surface area contributed by atoms with Gasteiger partial charge in [0, 0.05) is 48.9 Å². The molecule has 134 valence electrons. The Morgan fingerprint density at radius 1 is 1.23 bits per heavy atom. The molecule has 0 aliphatic heterocycles. The second-order valence-corrected chi connectivity index (χ2v) is 6.49. The van der Waals surface area contributed by atoms with Crippen LogP contribution in [0.1, 0.15) is 30.3 Å². The van der Waals surface area contributed by atoms with Crippen LogP contribution in [0.25, 0.3) is 11.4 Å². The average Bonchev–Trinajstić information content (AvgIpc) is 3.08. The number of nitrogens with two attached hydrogens (primary N) is 2. The van der Waals surface area contributed by atoms with Crippen LogP contribution in [0.5, 0.6) is 0 Å². The number of nitrogens with zero attached hydrogens (tertiary/aromatic N) is 5. The lowest BCUT2D eigenvalue weighted by molar-refractivity contribution is 0.345. The first-order valence-corrected chi connectivity index (χ1v) is 8.63. The smallest absolute Gasteiger partial charge is 0.222 e. The summed E-state index contributed by atoms with van der Waals surface area (Å²) in [6, 6.07) is 6.01. The van der Waals surface area contributed by atoms with Gasteiger partial charge in [0.15, 0.2) is 5.82 Å². The fourth-order valence-corrected chi connectivity index (χ4v) is 3.03. The van der Waals surface area contributed by atoms with E-state index in [1.165, 1.54) is 0 Å². The van der Waals surface area contributed by atoms with Gasteiger partial charge in [0.25, 0.3) is 0 Å². The number of pyridine rings is 1. The zero-order valence-electron chi connectivity index (χ0n) is 14.3. The second kappa shape index (κ2) is 7.04. The monoisotopic (exact) mass is 351 g/mol. The number of nitrogens with one attached hydrogen (secondary N) is 2. The van der Waals surface area contributed by atoms with Gasteiger partial charge >= 0.3 is 0 Å². The summed E-state index contributed by atoms with van der Waals surface area (Å²) in [6.07, 6.45) is 6.04. The molecule has 4 rings (SSSR count). The predicted octanol–water partition coefficient (Wildman–Crippen LogP) is 1.10. The molecular weight excluding hydrogens is 330 g/mol. The van der Waals surface area contributed by atoms with Crippen molar-refractivity contribution in [1.82, 2.24) is 30.1 Å². The quantitative estimate of drug-likeness (QED) is 0.516. The Morgan fingerprint density at radius 2 is 2.12 bits per heavy atom. The molecular formula is C17H21N9. The summed E-state index contributed by atoms with van der Waals surface area (Å²) in [5.74, 6) is 2.82. The molecule has 0 saturated heterocycles. The molecule has 9 heteroatoms. The molecule has 6 N–H and O–H groups in total. The van der Waals surface area contributed by atoms with Gasteiger partial charge in [-0.1, -0.05) is 0 Å². The molecule has 1 aliphatic carbocycles. The van der Waals surface area contributed by atoms with E-state index in [1.807, 2.05) is 18.2 Å². The predicted molar refractivity (Wildman–Crippen MR) is 98.2 cm³/mol. The normalized spacial score (nSPS) is 19.1. The fourth-order valence-electron chi connectivity index (χ4n) is 3.03. The SMILES string of the molecule is Nc1nc(NCCc2nc(-c3cccnc3)n[nH]2)cc(C2CC(N)C2)n1. The van der Waals surface area contributed by atoms with Crippen molar-refractivity contribution >= 4 is 11.8 Å². The van der Waals surface area contributed by atoms with Crippen LogP contribution in [0.2, 0.25) is 0 Å². The second-order valence-electron chi connectivity index (χ2n) is 6.49. The highest BCUT2D eigenvalue weighted by Gasteiger charge is 2.29. The Hall–Kier alpha value is -3.07. The van der Waals surface area contributed by atoms with Gasteiger partial charge in [-0.25, -0.2) is 9.97 Å².